The van der Waals surface area contributed by atoms with E-state index in [2.05, 4.69) is 53.3 Å². The lowest BCUT2D eigenvalue weighted by Gasteiger charge is -2.34. The van der Waals surface area contributed by atoms with E-state index >= 15 is 0 Å². The molecule has 0 bridgehead atoms. The molecular formula is C46H57BBrN8O8. The number of piperidine rings is 2. The Morgan fingerprint density at radius 1 is 0.672 bits per heavy atom. The topological polar surface area (TPSA) is 188 Å². The van der Waals surface area contributed by atoms with Gasteiger partial charge in [0.25, 0.3) is 0 Å². The number of hydrogen-bond donors (Lipinski definition) is 5. The van der Waals surface area contributed by atoms with Gasteiger partial charge in [-0.3, -0.25) is 0 Å². The molecule has 0 spiro atoms. The number of aromatic hydroxyl groups is 2. The number of pyridine rings is 2. The molecule has 4 aromatic heterocycles. The number of carbonyl (C=O) groups is 2. The Kier molecular flexibility index (Phi) is 15.6. The summed E-state index contributed by atoms with van der Waals surface area (Å²) in [4.78, 5) is 36.5. The molecule has 6 aromatic rings. The van der Waals surface area contributed by atoms with E-state index in [1.165, 1.54) is 12.1 Å². The van der Waals surface area contributed by atoms with Crippen LogP contribution < -0.4 is 15.3 Å². The lowest BCUT2D eigenvalue weighted by Crippen LogP contribution is -2.44. The van der Waals surface area contributed by atoms with Crippen molar-refractivity contribution in [1.29, 1.82) is 0 Å². The van der Waals surface area contributed by atoms with Crippen LogP contribution in [0.2, 0.25) is 0 Å². The smallest absolute Gasteiger partial charge is 0.537 e. The molecule has 64 heavy (non-hydrogen) atoms. The molecule has 0 saturated carbocycles. The first-order valence-corrected chi connectivity index (χ1v) is 22.0. The van der Waals surface area contributed by atoms with E-state index in [1.807, 2.05) is 87.3 Å². The molecule has 6 heterocycles. The molecule has 8 rings (SSSR count). The first-order chi connectivity index (χ1) is 30.4. The third-order valence-corrected chi connectivity index (χ3v) is 10.7. The van der Waals surface area contributed by atoms with Crippen LogP contribution in [-0.2, 0) is 9.47 Å². The van der Waals surface area contributed by atoms with Crippen molar-refractivity contribution in [3.05, 3.63) is 103 Å². The second-order valence-electron chi connectivity index (χ2n) is 17.6. The average molecular weight is 941 g/mol. The summed E-state index contributed by atoms with van der Waals surface area (Å²) in [6.45, 7) is 14.1. The molecule has 16 nitrogen and oxygen atoms in total. The van der Waals surface area contributed by atoms with Crippen molar-refractivity contribution in [2.45, 2.75) is 90.5 Å². The van der Waals surface area contributed by atoms with Crippen molar-refractivity contribution in [3.8, 4) is 28.4 Å². The van der Waals surface area contributed by atoms with E-state index in [0.29, 0.717) is 45.7 Å². The Balaban J connectivity index is 0.000000178. The summed E-state index contributed by atoms with van der Waals surface area (Å²) < 4.78 is 20.5. The number of ether oxygens (including phenoxy) is 2. The fraction of sp³-hybridized carbons (Fsp3) is 0.391. The number of rotatable bonds is 7. The molecule has 2 fully saturated rings. The molecule has 2 aromatic carbocycles. The van der Waals surface area contributed by atoms with Crippen LogP contribution in [-0.4, -0.2) is 113 Å². The van der Waals surface area contributed by atoms with E-state index in [4.69, 9.17) is 19.6 Å². The van der Waals surface area contributed by atoms with Gasteiger partial charge in [0, 0.05) is 60.7 Å². The third-order valence-electron chi connectivity index (χ3n) is 10.2. The number of halogens is 1. The van der Waals surface area contributed by atoms with Crippen molar-refractivity contribution in [3.63, 3.8) is 0 Å². The summed E-state index contributed by atoms with van der Waals surface area (Å²) in [7, 11) is 0.590. The molecule has 5 N–H and O–H groups in total. The SMILES string of the molecule is CC(C)(C)OC(=O)N1CCC(Nc2cc(-c3ccc(O)cc3)cn3cncc23)CC1.CC(C)(C)OC(=O)N1CCC(Nc2cc(Br)cn3cncc23)CC1.O[B]Oc1ccc(O)cc1. The molecule has 1 radical (unpaired) electrons. The number of nitrogens with one attached hydrogen (secondary N) is 2. The van der Waals surface area contributed by atoms with Crippen LogP contribution in [0.25, 0.3) is 22.2 Å². The molecule has 2 amide bonds. The first kappa shape index (κ1) is 47.3. The summed E-state index contributed by atoms with van der Waals surface area (Å²) in [6, 6.07) is 18.0. The maximum atomic E-state index is 12.3. The fourth-order valence-electron chi connectivity index (χ4n) is 7.16. The number of phenols is 2. The van der Waals surface area contributed by atoms with Crippen LogP contribution in [0.3, 0.4) is 0 Å². The lowest BCUT2D eigenvalue weighted by molar-refractivity contribution is 0.0200. The van der Waals surface area contributed by atoms with Crippen molar-refractivity contribution in [2.75, 3.05) is 36.8 Å². The quantitative estimate of drug-likeness (QED) is 0.0960. The van der Waals surface area contributed by atoms with Crippen LogP contribution in [0.15, 0.2) is 103 Å². The molecule has 0 atom stereocenters. The van der Waals surface area contributed by atoms with Crippen molar-refractivity contribution in [1.82, 2.24) is 28.6 Å². The van der Waals surface area contributed by atoms with Gasteiger partial charge in [0.15, 0.2) is 0 Å². The van der Waals surface area contributed by atoms with Crippen molar-refractivity contribution >= 4 is 58.2 Å². The van der Waals surface area contributed by atoms with Gasteiger partial charge in [0.2, 0.25) is 0 Å². The zero-order valence-corrected chi connectivity index (χ0v) is 38.7. The molecule has 2 saturated heterocycles. The van der Waals surface area contributed by atoms with Crippen LogP contribution in [0.4, 0.5) is 21.0 Å². The minimum atomic E-state index is -0.478. The number of phenolic OH excluding ortho intramolecular Hbond substituents is 2. The fourth-order valence-corrected chi connectivity index (χ4v) is 7.61. The zero-order valence-electron chi connectivity index (χ0n) is 37.1. The van der Waals surface area contributed by atoms with E-state index in [-0.39, 0.29) is 29.7 Å². The highest BCUT2D eigenvalue weighted by atomic mass is 79.9. The Hall–Kier alpha value is -6.14. The number of likely N-dealkylation sites (tertiary alicyclic amines) is 2. The molecule has 2 aliphatic heterocycles. The zero-order chi connectivity index (χ0) is 46.0. The van der Waals surface area contributed by atoms with Gasteiger partial charge in [0.05, 0.1) is 47.5 Å². The summed E-state index contributed by atoms with van der Waals surface area (Å²) >= 11 is 3.53. The number of benzene rings is 2. The van der Waals surface area contributed by atoms with E-state index < -0.39 is 11.2 Å². The largest absolute Gasteiger partial charge is 0.569 e. The van der Waals surface area contributed by atoms with Crippen LogP contribution in [0, 0.1) is 0 Å². The molecule has 0 unspecified atom stereocenters. The van der Waals surface area contributed by atoms with Gasteiger partial charge >= 0.3 is 19.9 Å². The van der Waals surface area contributed by atoms with Gasteiger partial charge in [-0.1, -0.05) is 12.1 Å². The van der Waals surface area contributed by atoms with Gasteiger partial charge in [0.1, 0.15) is 28.5 Å². The normalized spacial score (nSPS) is 14.8. The van der Waals surface area contributed by atoms with E-state index in [9.17, 15) is 14.7 Å². The van der Waals surface area contributed by atoms with Crippen LogP contribution in [0.1, 0.15) is 67.2 Å². The average Bonchev–Trinajstić information content (AvgIpc) is 3.92. The second-order valence-corrected chi connectivity index (χ2v) is 18.5. The lowest BCUT2D eigenvalue weighted by atomic mass is 10.0. The minimum Gasteiger partial charge on any atom is -0.537 e. The number of fused-ring (bicyclic) bond motifs is 2. The minimum absolute atomic E-state index is 0.172. The first-order valence-electron chi connectivity index (χ1n) is 21.2. The third kappa shape index (κ3) is 13.7. The van der Waals surface area contributed by atoms with E-state index in [0.717, 1.165) is 63.7 Å². The van der Waals surface area contributed by atoms with Crippen LogP contribution >= 0.6 is 15.9 Å². The maximum Gasteiger partial charge on any atom is 0.569 e. The number of amides is 2. The van der Waals surface area contributed by atoms with E-state index in [1.54, 1.807) is 46.7 Å². The molecule has 0 aliphatic carbocycles. The number of aromatic nitrogens is 4. The highest BCUT2D eigenvalue weighted by molar-refractivity contribution is 9.10. The molecule has 18 heteroatoms. The summed E-state index contributed by atoms with van der Waals surface area (Å²) in [6.07, 6.45) is 14.3. The number of anilines is 2. The summed E-state index contributed by atoms with van der Waals surface area (Å²) in [5, 5.41) is 33.8. The van der Waals surface area contributed by atoms with Gasteiger partial charge in [-0.05, 0) is 137 Å². The Morgan fingerprint density at radius 3 is 1.56 bits per heavy atom. The Morgan fingerprint density at radius 2 is 1.11 bits per heavy atom. The molecule has 2 aliphatic rings. The van der Waals surface area contributed by atoms with Gasteiger partial charge in [-0.25, -0.2) is 19.6 Å². The van der Waals surface area contributed by atoms with Gasteiger partial charge in [-0.15, -0.1) is 0 Å². The molecular weight excluding hydrogens is 883 g/mol. The number of hydrogen-bond acceptors (Lipinski definition) is 12. The summed E-state index contributed by atoms with van der Waals surface area (Å²) in [5.41, 5.74) is 5.25. The monoisotopic (exact) mass is 939 g/mol. The standard InChI is InChI=1S/C23H28N4O3.C17H23BrN4O2.C6H6BO3/c1-23(2,3)30-22(29)26-10-8-18(9-11-26)25-20-12-17(14-27-15-24-13-21(20)27)16-4-6-19(28)7-5-16;1-17(2,3)24-16(23)21-6-4-13(5-7-21)20-14-8-12(18)10-22-11-19-9-15(14)22;8-5-1-3-6(4-2-5)10-7-9/h4-7,12-15,18,25,28H,8-11H2,1-3H3;8-11,13,20H,4-7H2,1-3H3;1-4,8-9H. The second kappa shape index (κ2) is 21.0. The highest BCUT2D eigenvalue weighted by Crippen LogP contribution is 2.30. The van der Waals surface area contributed by atoms with Crippen molar-refractivity contribution < 1.29 is 39.0 Å². The van der Waals surface area contributed by atoms with Crippen LogP contribution in [0.5, 0.6) is 17.2 Å². The predicted octanol–water partition coefficient (Wildman–Crippen LogP) is 8.72. The Labute approximate surface area is 382 Å². The molecule has 339 valence electrons. The highest BCUT2D eigenvalue weighted by Gasteiger charge is 2.28. The number of carbonyl (C=O) groups excluding carboxylic acids is 2. The van der Waals surface area contributed by atoms with Gasteiger partial charge in [-0.2, -0.15) is 0 Å². The summed E-state index contributed by atoms with van der Waals surface area (Å²) in [5.74, 6) is 0.906. The maximum absolute atomic E-state index is 12.3. The predicted molar refractivity (Wildman–Crippen MR) is 251 cm³/mol. The number of imidazole rings is 2. The number of nitrogens with zero attached hydrogens (tertiary/aromatic N) is 6. The van der Waals surface area contributed by atoms with Gasteiger partial charge < -0.3 is 58.6 Å². The Bertz CT molecular complexity index is 2450. The van der Waals surface area contributed by atoms with Crippen molar-refractivity contribution in [2.24, 2.45) is 0 Å².